The molecule has 0 radical (unpaired) electrons. The van der Waals surface area contributed by atoms with Gasteiger partial charge in [0.05, 0.1) is 6.61 Å². The highest BCUT2D eigenvalue weighted by atomic mass is 79.9. The van der Waals surface area contributed by atoms with E-state index in [-0.39, 0.29) is 22.9 Å². The van der Waals surface area contributed by atoms with Crippen molar-refractivity contribution in [1.29, 1.82) is 0 Å². The van der Waals surface area contributed by atoms with Gasteiger partial charge in [-0.3, -0.25) is 9.59 Å². The Bertz CT molecular complexity index is 834. The molecule has 1 aromatic heterocycles. The minimum absolute atomic E-state index is 0.0926. The van der Waals surface area contributed by atoms with Crippen molar-refractivity contribution in [2.75, 3.05) is 13.2 Å². The summed E-state index contributed by atoms with van der Waals surface area (Å²) in [5.74, 6) is -3.80. The second-order valence-corrected chi connectivity index (χ2v) is 7.02. The third-order valence-corrected chi connectivity index (χ3v) is 4.77. The molecule has 0 saturated carbocycles. The number of halogens is 1. The largest absolute Gasteiger partial charge is 0.507 e. The molecule has 1 N–H and O–H groups in total. The number of hydrogen-bond acceptors (Lipinski definition) is 8. The maximum Gasteiger partial charge on any atom is 0.342 e. The van der Waals surface area contributed by atoms with Crippen LogP contribution in [-0.2, 0) is 19.1 Å². The molecular formula is C17H16BrNO6S. The van der Waals surface area contributed by atoms with Gasteiger partial charge in [-0.2, -0.15) is 0 Å². The van der Waals surface area contributed by atoms with Crippen molar-refractivity contribution in [2.45, 2.75) is 19.8 Å². The molecule has 0 aliphatic heterocycles. The van der Waals surface area contributed by atoms with Crippen LogP contribution >= 0.6 is 27.3 Å². The van der Waals surface area contributed by atoms with Gasteiger partial charge in [0.25, 0.3) is 0 Å². The van der Waals surface area contributed by atoms with Gasteiger partial charge in [-0.1, -0.05) is 15.9 Å². The van der Waals surface area contributed by atoms with Crippen LogP contribution in [0.25, 0.3) is 0 Å². The Kier molecular flexibility index (Phi) is 6.87. The number of ether oxygens (including phenoxy) is 2. The fourth-order valence-corrected chi connectivity index (χ4v) is 3.34. The van der Waals surface area contributed by atoms with Crippen LogP contribution in [0, 0.1) is 6.92 Å². The van der Waals surface area contributed by atoms with Crippen LogP contribution in [0.15, 0.2) is 28.1 Å². The standard InChI is InChI=1S/C17H16BrNO6S/c1-3-24-17(23)14(15-19-9(2)8-26-15)13(21)7-25-16(22)11-6-10(18)4-5-12(11)20/h4-6,8,14,20H,3,7H2,1-2H3/t14-/m1/s1. The predicted molar refractivity (Wildman–Crippen MR) is 97.3 cm³/mol. The predicted octanol–water partition coefficient (Wildman–Crippen LogP) is 2.99. The van der Waals surface area contributed by atoms with Gasteiger partial charge in [-0.05, 0) is 32.0 Å². The van der Waals surface area contributed by atoms with Crippen molar-refractivity contribution in [3.05, 3.63) is 44.3 Å². The van der Waals surface area contributed by atoms with Crippen LogP contribution in [0.5, 0.6) is 5.75 Å². The number of aromatic hydroxyl groups is 1. The first-order chi connectivity index (χ1) is 12.3. The molecule has 138 valence electrons. The first-order valence-electron chi connectivity index (χ1n) is 7.60. The second-order valence-electron chi connectivity index (χ2n) is 5.22. The van der Waals surface area contributed by atoms with E-state index >= 15 is 0 Å². The summed E-state index contributed by atoms with van der Waals surface area (Å²) in [7, 11) is 0. The lowest BCUT2D eigenvalue weighted by molar-refractivity contribution is -0.148. The molecule has 9 heteroatoms. The average molecular weight is 442 g/mol. The zero-order chi connectivity index (χ0) is 19.3. The monoisotopic (exact) mass is 441 g/mol. The van der Waals surface area contributed by atoms with E-state index in [1.165, 1.54) is 12.1 Å². The number of ketones is 1. The number of benzene rings is 1. The molecule has 7 nitrogen and oxygen atoms in total. The number of phenolic OH excluding ortho intramolecular Hbond substituents is 1. The number of esters is 2. The fourth-order valence-electron chi connectivity index (χ4n) is 2.07. The average Bonchev–Trinajstić information content (AvgIpc) is 3.01. The zero-order valence-electron chi connectivity index (χ0n) is 14.0. The molecule has 26 heavy (non-hydrogen) atoms. The van der Waals surface area contributed by atoms with E-state index < -0.39 is 30.2 Å². The summed E-state index contributed by atoms with van der Waals surface area (Å²) in [4.78, 5) is 40.9. The Morgan fingerprint density at radius 1 is 1.31 bits per heavy atom. The number of phenols is 1. The Balaban J connectivity index is 2.13. The molecule has 0 saturated heterocycles. The molecule has 0 fully saturated rings. The van der Waals surface area contributed by atoms with Crippen molar-refractivity contribution in [3.8, 4) is 5.75 Å². The Morgan fingerprint density at radius 3 is 2.65 bits per heavy atom. The van der Waals surface area contributed by atoms with Crippen molar-refractivity contribution in [1.82, 2.24) is 4.98 Å². The van der Waals surface area contributed by atoms with E-state index in [0.29, 0.717) is 10.2 Å². The Morgan fingerprint density at radius 2 is 2.04 bits per heavy atom. The van der Waals surface area contributed by atoms with Crippen molar-refractivity contribution < 1.29 is 29.0 Å². The highest BCUT2D eigenvalue weighted by Crippen LogP contribution is 2.25. The van der Waals surface area contributed by atoms with Crippen LogP contribution in [0.1, 0.15) is 33.9 Å². The molecule has 1 atom stereocenters. The number of hydrogen-bond donors (Lipinski definition) is 1. The molecule has 1 aromatic carbocycles. The summed E-state index contributed by atoms with van der Waals surface area (Å²) < 4.78 is 10.5. The lowest BCUT2D eigenvalue weighted by Crippen LogP contribution is -2.28. The summed E-state index contributed by atoms with van der Waals surface area (Å²) in [5.41, 5.74) is 0.577. The van der Waals surface area contributed by atoms with Gasteiger partial charge in [-0.15, -0.1) is 11.3 Å². The number of carbonyl (C=O) groups excluding carboxylic acids is 3. The maximum atomic E-state index is 12.5. The van der Waals surface area contributed by atoms with Crippen LogP contribution in [-0.4, -0.2) is 41.0 Å². The smallest absolute Gasteiger partial charge is 0.342 e. The van der Waals surface area contributed by atoms with Gasteiger partial charge in [0, 0.05) is 15.5 Å². The van der Waals surface area contributed by atoms with E-state index in [9.17, 15) is 19.5 Å². The lowest BCUT2D eigenvalue weighted by atomic mass is 10.1. The van der Waals surface area contributed by atoms with Gasteiger partial charge in [0.15, 0.2) is 18.3 Å². The number of aryl methyl sites for hydroxylation is 1. The fraction of sp³-hybridized carbons (Fsp3) is 0.294. The molecule has 2 rings (SSSR count). The van der Waals surface area contributed by atoms with Gasteiger partial charge in [0.1, 0.15) is 16.3 Å². The molecule has 0 bridgehead atoms. The summed E-state index contributed by atoms with van der Waals surface area (Å²) in [6.45, 7) is 2.83. The van der Waals surface area contributed by atoms with Crippen LogP contribution in [0.3, 0.4) is 0 Å². The maximum absolute atomic E-state index is 12.5. The van der Waals surface area contributed by atoms with E-state index in [1.807, 2.05) is 0 Å². The zero-order valence-corrected chi connectivity index (χ0v) is 16.4. The number of thiazole rings is 1. The quantitative estimate of drug-likeness (QED) is 0.520. The minimum atomic E-state index is -1.25. The topological polar surface area (TPSA) is 103 Å². The molecule has 0 amide bonds. The van der Waals surface area contributed by atoms with Gasteiger partial charge in [-0.25, -0.2) is 9.78 Å². The molecular weight excluding hydrogens is 426 g/mol. The molecule has 1 heterocycles. The Labute approximate surface area is 162 Å². The van der Waals surface area contributed by atoms with E-state index in [2.05, 4.69) is 20.9 Å². The van der Waals surface area contributed by atoms with Crippen LogP contribution < -0.4 is 0 Å². The third-order valence-electron chi connectivity index (χ3n) is 3.25. The van der Waals surface area contributed by atoms with Gasteiger partial charge in [0.2, 0.25) is 0 Å². The van der Waals surface area contributed by atoms with Crippen molar-refractivity contribution in [2.24, 2.45) is 0 Å². The number of Topliss-reactive ketones (excluding diaryl/α,β-unsaturated/α-hetero) is 1. The first kappa shape index (κ1) is 20.1. The number of carbonyl (C=O) groups is 3. The van der Waals surface area contributed by atoms with E-state index in [4.69, 9.17) is 9.47 Å². The van der Waals surface area contributed by atoms with Gasteiger partial charge >= 0.3 is 11.9 Å². The third kappa shape index (κ3) is 4.89. The van der Waals surface area contributed by atoms with Crippen LogP contribution in [0.2, 0.25) is 0 Å². The number of nitrogens with zero attached hydrogens (tertiary/aromatic N) is 1. The van der Waals surface area contributed by atoms with E-state index in [0.717, 1.165) is 11.3 Å². The van der Waals surface area contributed by atoms with E-state index in [1.54, 1.807) is 25.3 Å². The highest BCUT2D eigenvalue weighted by Gasteiger charge is 2.33. The lowest BCUT2D eigenvalue weighted by Gasteiger charge is -2.13. The summed E-state index contributed by atoms with van der Waals surface area (Å²) in [6, 6.07) is 4.25. The highest BCUT2D eigenvalue weighted by molar-refractivity contribution is 9.10. The normalized spacial score (nSPS) is 11.7. The molecule has 0 aliphatic rings. The summed E-state index contributed by atoms with van der Waals surface area (Å²) in [6.07, 6.45) is 0. The van der Waals surface area contributed by atoms with Crippen LogP contribution in [0.4, 0.5) is 0 Å². The minimum Gasteiger partial charge on any atom is -0.507 e. The van der Waals surface area contributed by atoms with Crippen molar-refractivity contribution in [3.63, 3.8) is 0 Å². The molecule has 0 spiro atoms. The SMILES string of the molecule is CCOC(=O)[C@H](C(=O)COC(=O)c1cc(Br)ccc1O)c1nc(C)cs1. The van der Waals surface area contributed by atoms with Crippen molar-refractivity contribution >= 4 is 45.0 Å². The van der Waals surface area contributed by atoms with Gasteiger partial charge < -0.3 is 14.6 Å². The molecule has 2 aromatic rings. The molecule has 0 aliphatic carbocycles. The first-order valence-corrected chi connectivity index (χ1v) is 9.27. The summed E-state index contributed by atoms with van der Waals surface area (Å²) in [5, 5.41) is 11.7. The molecule has 0 unspecified atom stereocenters. The second kappa shape index (κ2) is 8.91. The number of aromatic nitrogens is 1. The Hall–Kier alpha value is -2.26. The summed E-state index contributed by atoms with van der Waals surface area (Å²) >= 11 is 4.34. The number of rotatable bonds is 7.